The van der Waals surface area contributed by atoms with E-state index in [0.717, 1.165) is 24.6 Å². The van der Waals surface area contributed by atoms with Crippen LogP contribution in [0.25, 0.3) is 0 Å². The van der Waals surface area contributed by atoms with E-state index in [1.807, 2.05) is 24.3 Å². The first kappa shape index (κ1) is 28.6. The molecule has 0 aromatic heterocycles. The zero-order valence-electron chi connectivity index (χ0n) is 21.7. The molecular weight excluding hydrogens is 508 g/mol. The lowest BCUT2D eigenvalue weighted by molar-refractivity contribution is -0.394. The van der Waals surface area contributed by atoms with Gasteiger partial charge in [-0.15, -0.1) is 0 Å². The molecular formula is C27H28N4O8. The van der Waals surface area contributed by atoms with Gasteiger partial charge in [0.15, 0.2) is 18.1 Å². The molecule has 0 heterocycles. The van der Waals surface area contributed by atoms with Crippen molar-refractivity contribution in [3.8, 4) is 23.0 Å². The molecule has 0 saturated carbocycles. The van der Waals surface area contributed by atoms with Gasteiger partial charge in [-0.2, -0.15) is 5.10 Å². The number of amides is 1. The van der Waals surface area contributed by atoms with E-state index in [-0.39, 0.29) is 30.5 Å². The number of carbonyl (C=O) groups excluding carboxylic acids is 1. The van der Waals surface area contributed by atoms with Gasteiger partial charge in [-0.05, 0) is 66.8 Å². The Morgan fingerprint density at radius 2 is 1.67 bits per heavy atom. The predicted octanol–water partition coefficient (Wildman–Crippen LogP) is 5.74. The van der Waals surface area contributed by atoms with Crippen LogP contribution < -0.4 is 19.6 Å². The Labute approximate surface area is 224 Å². The molecule has 3 aromatic rings. The summed E-state index contributed by atoms with van der Waals surface area (Å²) in [5.74, 6) is 0.794. The van der Waals surface area contributed by atoms with Crippen molar-refractivity contribution >= 4 is 23.5 Å². The molecule has 3 rings (SSSR count). The van der Waals surface area contributed by atoms with E-state index in [0.29, 0.717) is 17.2 Å². The van der Waals surface area contributed by atoms with Crippen LogP contribution in [-0.4, -0.2) is 35.2 Å². The number of ether oxygens (including phenoxy) is 3. The SMILES string of the molecule is CCOc1cc(/C=N\NC(=O)COc2ccc([C@@H](C)CC)cc2)ccc1Oc1ccc([N+](=O)[O-])cc1[N+](=O)[O-]. The van der Waals surface area contributed by atoms with Gasteiger partial charge in [0.2, 0.25) is 5.75 Å². The number of carbonyl (C=O) groups is 1. The highest BCUT2D eigenvalue weighted by Crippen LogP contribution is 2.38. The minimum absolute atomic E-state index is 0.155. The highest BCUT2D eigenvalue weighted by molar-refractivity contribution is 5.83. The number of nitro benzene ring substituents is 2. The molecule has 0 aliphatic carbocycles. The molecule has 12 nitrogen and oxygen atoms in total. The fraction of sp³-hybridized carbons (Fsp3) is 0.259. The zero-order valence-corrected chi connectivity index (χ0v) is 21.7. The fourth-order valence-electron chi connectivity index (χ4n) is 3.41. The van der Waals surface area contributed by atoms with E-state index in [1.54, 1.807) is 19.1 Å². The highest BCUT2D eigenvalue weighted by Gasteiger charge is 2.22. The summed E-state index contributed by atoms with van der Waals surface area (Å²) in [6.45, 7) is 6.06. The van der Waals surface area contributed by atoms with Crippen LogP contribution in [0.4, 0.5) is 11.4 Å². The van der Waals surface area contributed by atoms with Crippen molar-refractivity contribution in [2.75, 3.05) is 13.2 Å². The van der Waals surface area contributed by atoms with Crippen LogP contribution in [0.15, 0.2) is 65.8 Å². The molecule has 0 unspecified atom stereocenters. The van der Waals surface area contributed by atoms with Crippen LogP contribution in [-0.2, 0) is 4.79 Å². The Morgan fingerprint density at radius 1 is 0.949 bits per heavy atom. The Morgan fingerprint density at radius 3 is 2.31 bits per heavy atom. The molecule has 1 amide bonds. The Balaban J connectivity index is 1.64. The largest absolute Gasteiger partial charge is 0.490 e. The first-order chi connectivity index (χ1) is 18.7. The van der Waals surface area contributed by atoms with Crippen LogP contribution in [0.1, 0.15) is 44.2 Å². The maximum Gasteiger partial charge on any atom is 0.318 e. The van der Waals surface area contributed by atoms with Crippen molar-refractivity contribution < 1.29 is 28.9 Å². The number of hydrogen-bond donors (Lipinski definition) is 1. The van der Waals surface area contributed by atoms with Gasteiger partial charge < -0.3 is 14.2 Å². The summed E-state index contributed by atoms with van der Waals surface area (Å²) in [6.07, 6.45) is 2.42. The van der Waals surface area contributed by atoms with Crippen LogP contribution in [0.3, 0.4) is 0 Å². The second-order valence-corrected chi connectivity index (χ2v) is 8.37. The molecule has 3 aromatic carbocycles. The smallest absolute Gasteiger partial charge is 0.318 e. The molecule has 204 valence electrons. The summed E-state index contributed by atoms with van der Waals surface area (Å²) in [6, 6.07) is 15.4. The average Bonchev–Trinajstić information content (AvgIpc) is 2.93. The van der Waals surface area contributed by atoms with Crippen LogP contribution >= 0.6 is 0 Å². The molecule has 1 N–H and O–H groups in total. The summed E-state index contributed by atoms with van der Waals surface area (Å²) in [4.78, 5) is 33.0. The van der Waals surface area contributed by atoms with Crippen molar-refractivity contribution in [3.63, 3.8) is 0 Å². The summed E-state index contributed by atoms with van der Waals surface area (Å²) in [5.41, 5.74) is 3.14. The third kappa shape index (κ3) is 7.99. The summed E-state index contributed by atoms with van der Waals surface area (Å²) in [5, 5.41) is 26.3. The van der Waals surface area contributed by atoms with Crippen LogP contribution in [0.5, 0.6) is 23.0 Å². The maximum absolute atomic E-state index is 12.1. The molecule has 12 heteroatoms. The molecule has 0 spiro atoms. The van der Waals surface area contributed by atoms with E-state index in [4.69, 9.17) is 14.2 Å². The van der Waals surface area contributed by atoms with Crippen molar-refractivity contribution in [2.24, 2.45) is 5.10 Å². The maximum atomic E-state index is 12.1. The fourth-order valence-corrected chi connectivity index (χ4v) is 3.41. The Kier molecular flexibility index (Phi) is 9.90. The minimum Gasteiger partial charge on any atom is -0.490 e. The van der Waals surface area contributed by atoms with Gasteiger partial charge in [0.25, 0.3) is 11.6 Å². The van der Waals surface area contributed by atoms with E-state index in [9.17, 15) is 25.0 Å². The topological polar surface area (TPSA) is 155 Å². The van der Waals surface area contributed by atoms with E-state index >= 15 is 0 Å². The van der Waals surface area contributed by atoms with Gasteiger partial charge in [0, 0.05) is 6.07 Å². The normalized spacial score (nSPS) is 11.6. The zero-order chi connectivity index (χ0) is 28.4. The van der Waals surface area contributed by atoms with Crippen molar-refractivity contribution in [1.82, 2.24) is 5.43 Å². The third-order valence-electron chi connectivity index (χ3n) is 5.67. The number of rotatable bonds is 13. The number of benzene rings is 3. The number of nitrogens with one attached hydrogen (secondary N) is 1. The summed E-state index contributed by atoms with van der Waals surface area (Å²) >= 11 is 0. The Bertz CT molecular complexity index is 1360. The standard InChI is InChI=1S/C27H28N4O8/c1-4-18(3)20-7-10-22(11-8-20)38-17-27(32)29-28-16-19-6-12-25(26(14-19)37-5-2)39-24-13-9-21(30(33)34)15-23(24)31(35)36/h6-16,18H,4-5,17H2,1-3H3,(H,29,32)/b28-16-/t18-/m0/s1. The molecule has 0 saturated heterocycles. The van der Waals surface area contributed by atoms with Gasteiger partial charge in [-0.3, -0.25) is 25.0 Å². The number of non-ortho nitro benzene ring substituents is 1. The molecule has 0 aliphatic rings. The van der Waals surface area contributed by atoms with E-state index in [1.165, 1.54) is 17.8 Å². The monoisotopic (exact) mass is 536 g/mol. The summed E-state index contributed by atoms with van der Waals surface area (Å²) < 4.78 is 16.8. The quantitative estimate of drug-likeness (QED) is 0.165. The van der Waals surface area contributed by atoms with Crippen molar-refractivity contribution in [2.45, 2.75) is 33.1 Å². The van der Waals surface area contributed by atoms with Gasteiger partial charge >= 0.3 is 5.69 Å². The van der Waals surface area contributed by atoms with Gasteiger partial charge in [0.05, 0.1) is 28.7 Å². The lowest BCUT2D eigenvalue weighted by Crippen LogP contribution is -2.24. The lowest BCUT2D eigenvalue weighted by atomic mass is 9.99. The second kappa shape index (κ2) is 13.5. The van der Waals surface area contributed by atoms with Crippen molar-refractivity contribution in [1.29, 1.82) is 0 Å². The number of nitro groups is 2. The van der Waals surface area contributed by atoms with E-state index < -0.39 is 27.1 Å². The van der Waals surface area contributed by atoms with Crippen LogP contribution in [0.2, 0.25) is 0 Å². The number of hydrazone groups is 1. The first-order valence-corrected chi connectivity index (χ1v) is 12.1. The molecule has 1 atom stereocenters. The second-order valence-electron chi connectivity index (χ2n) is 8.37. The Hall–Kier alpha value is -5.00. The predicted molar refractivity (Wildman–Crippen MR) is 144 cm³/mol. The van der Waals surface area contributed by atoms with E-state index in [2.05, 4.69) is 24.4 Å². The number of hydrogen-bond acceptors (Lipinski definition) is 9. The van der Waals surface area contributed by atoms with Gasteiger partial charge in [-0.1, -0.05) is 26.0 Å². The molecule has 0 fully saturated rings. The minimum atomic E-state index is -0.766. The summed E-state index contributed by atoms with van der Waals surface area (Å²) in [7, 11) is 0. The average molecular weight is 537 g/mol. The van der Waals surface area contributed by atoms with Crippen LogP contribution in [0, 0.1) is 20.2 Å². The third-order valence-corrected chi connectivity index (χ3v) is 5.67. The van der Waals surface area contributed by atoms with Gasteiger partial charge in [0.1, 0.15) is 5.75 Å². The molecule has 0 aliphatic heterocycles. The molecule has 39 heavy (non-hydrogen) atoms. The first-order valence-electron chi connectivity index (χ1n) is 12.1. The molecule has 0 radical (unpaired) electrons. The molecule has 0 bridgehead atoms. The van der Waals surface area contributed by atoms with Gasteiger partial charge in [-0.25, -0.2) is 5.43 Å². The lowest BCUT2D eigenvalue weighted by Gasteiger charge is -2.12. The number of nitrogens with zero attached hydrogens (tertiary/aromatic N) is 3. The highest BCUT2D eigenvalue weighted by atomic mass is 16.6. The van der Waals surface area contributed by atoms with Crippen molar-refractivity contribution in [3.05, 3.63) is 92.0 Å².